The van der Waals surface area contributed by atoms with E-state index in [1.807, 2.05) is 24.4 Å². The first-order valence-corrected chi connectivity index (χ1v) is 7.70. The van der Waals surface area contributed by atoms with Crippen LogP contribution in [0.5, 0.6) is 0 Å². The van der Waals surface area contributed by atoms with Crippen LogP contribution < -0.4 is 4.90 Å². The molecule has 0 atom stereocenters. The molecule has 24 heavy (non-hydrogen) atoms. The van der Waals surface area contributed by atoms with Gasteiger partial charge in [0.15, 0.2) is 5.65 Å². The predicted molar refractivity (Wildman–Crippen MR) is 88.0 cm³/mol. The zero-order chi connectivity index (χ0) is 16.5. The van der Waals surface area contributed by atoms with Gasteiger partial charge in [0.05, 0.1) is 6.20 Å². The molecular formula is C16H16N6O2. The van der Waals surface area contributed by atoms with E-state index in [1.54, 1.807) is 23.1 Å². The van der Waals surface area contributed by atoms with Crippen molar-refractivity contribution in [3.05, 3.63) is 43.0 Å². The lowest BCUT2D eigenvalue weighted by Gasteiger charge is -2.33. The van der Waals surface area contributed by atoms with Crippen LogP contribution in [-0.2, 0) is 0 Å². The van der Waals surface area contributed by atoms with E-state index in [9.17, 15) is 4.79 Å². The molecule has 0 saturated carbocycles. The summed E-state index contributed by atoms with van der Waals surface area (Å²) in [6.45, 7) is 2.23. The number of rotatable bonds is 2. The summed E-state index contributed by atoms with van der Waals surface area (Å²) in [4.78, 5) is 23.4. The number of amides is 1. The SMILES string of the molecule is O=C(O)N1CCN(c2ccn3ncc(-c4cccnc4)c3n2)CC1. The molecule has 1 N–H and O–H groups in total. The Hall–Kier alpha value is -3.16. The summed E-state index contributed by atoms with van der Waals surface area (Å²) in [7, 11) is 0. The average Bonchev–Trinajstić information content (AvgIpc) is 3.05. The van der Waals surface area contributed by atoms with Gasteiger partial charge in [-0.15, -0.1) is 0 Å². The lowest BCUT2D eigenvalue weighted by molar-refractivity contribution is 0.142. The van der Waals surface area contributed by atoms with Crippen LogP contribution in [-0.4, -0.2) is 61.9 Å². The van der Waals surface area contributed by atoms with Crippen molar-refractivity contribution in [1.82, 2.24) is 24.5 Å². The summed E-state index contributed by atoms with van der Waals surface area (Å²) >= 11 is 0. The monoisotopic (exact) mass is 324 g/mol. The van der Waals surface area contributed by atoms with Crippen molar-refractivity contribution in [2.24, 2.45) is 0 Å². The first kappa shape index (κ1) is 14.4. The third-order valence-corrected chi connectivity index (χ3v) is 4.20. The second kappa shape index (κ2) is 5.80. The number of hydrogen-bond acceptors (Lipinski definition) is 5. The van der Waals surface area contributed by atoms with Gasteiger partial charge in [0.1, 0.15) is 5.82 Å². The third kappa shape index (κ3) is 2.51. The Labute approximate surface area is 138 Å². The van der Waals surface area contributed by atoms with Crippen LogP contribution in [0, 0.1) is 0 Å². The maximum Gasteiger partial charge on any atom is 0.407 e. The van der Waals surface area contributed by atoms with Crippen LogP contribution in [0.15, 0.2) is 43.0 Å². The molecule has 4 heterocycles. The zero-order valence-electron chi connectivity index (χ0n) is 12.9. The number of piperazine rings is 1. The molecular weight excluding hydrogens is 308 g/mol. The van der Waals surface area contributed by atoms with Gasteiger partial charge in [-0.3, -0.25) is 4.98 Å². The predicted octanol–water partition coefficient (Wildman–Crippen LogP) is 1.59. The third-order valence-electron chi connectivity index (χ3n) is 4.20. The van der Waals surface area contributed by atoms with Crippen LogP contribution in [0.1, 0.15) is 0 Å². The molecule has 1 fully saturated rings. The van der Waals surface area contributed by atoms with Crippen molar-refractivity contribution in [2.75, 3.05) is 31.1 Å². The number of carboxylic acid groups (broad SMARTS) is 1. The molecule has 1 amide bonds. The van der Waals surface area contributed by atoms with Crippen LogP contribution in [0.2, 0.25) is 0 Å². The highest BCUT2D eigenvalue weighted by molar-refractivity contribution is 5.77. The van der Waals surface area contributed by atoms with Gasteiger partial charge in [0.25, 0.3) is 0 Å². The molecule has 0 unspecified atom stereocenters. The summed E-state index contributed by atoms with van der Waals surface area (Å²) in [5.41, 5.74) is 2.66. The number of carbonyl (C=O) groups is 1. The van der Waals surface area contributed by atoms with Crippen molar-refractivity contribution in [3.8, 4) is 11.1 Å². The summed E-state index contributed by atoms with van der Waals surface area (Å²) in [5.74, 6) is 0.832. The second-order valence-corrected chi connectivity index (χ2v) is 5.61. The number of pyridine rings is 1. The standard InChI is InChI=1S/C16H16N6O2/c23-16(24)21-8-6-20(7-9-21)14-3-5-22-15(19-14)13(11-18-22)12-2-1-4-17-10-12/h1-5,10-11H,6-9H2,(H,23,24). The summed E-state index contributed by atoms with van der Waals surface area (Å²) in [5, 5.41) is 13.4. The van der Waals surface area contributed by atoms with E-state index in [1.165, 1.54) is 4.90 Å². The number of fused-ring (bicyclic) bond motifs is 1. The minimum absolute atomic E-state index is 0.483. The number of anilines is 1. The van der Waals surface area contributed by atoms with Crippen LogP contribution >= 0.6 is 0 Å². The van der Waals surface area contributed by atoms with Gasteiger partial charge in [0.2, 0.25) is 0 Å². The van der Waals surface area contributed by atoms with E-state index >= 15 is 0 Å². The fraction of sp³-hybridized carbons (Fsp3) is 0.250. The van der Waals surface area contributed by atoms with Crippen LogP contribution in [0.25, 0.3) is 16.8 Å². The first-order chi connectivity index (χ1) is 11.7. The van der Waals surface area contributed by atoms with E-state index in [2.05, 4.69) is 15.0 Å². The number of aromatic nitrogens is 4. The minimum atomic E-state index is -0.868. The Morgan fingerprint density at radius 1 is 1.12 bits per heavy atom. The van der Waals surface area contributed by atoms with E-state index in [-0.39, 0.29) is 0 Å². The normalized spacial score (nSPS) is 15.0. The Balaban J connectivity index is 1.65. The summed E-state index contributed by atoms with van der Waals surface area (Å²) in [6.07, 6.45) is 6.31. The van der Waals surface area contributed by atoms with Gasteiger partial charge in [-0.25, -0.2) is 14.3 Å². The topological polar surface area (TPSA) is 86.9 Å². The zero-order valence-corrected chi connectivity index (χ0v) is 12.9. The molecule has 1 saturated heterocycles. The van der Waals surface area contributed by atoms with Crippen LogP contribution in [0.4, 0.5) is 10.6 Å². The minimum Gasteiger partial charge on any atom is -0.465 e. The molecule has 0 spiro atoms. The lowest BCUT2D eigenvalue weighted by atomic mass is 10.1. The molecule has 0 aliphatic carbocycles. The van der Waals surface area contributed by atoms with E-state index in [0.717, 1.165) is 22.6 Å². The maximum atomic E-state index is 11.0. The average molecular weight is 324 g/mol. The summed E-state index contributed by atoms with van der Waals surface area (Å²) in [6, 6.07) is 5.77. The highest BCUT2D eigenvalue weighted by Gasteiger charge is 2.21. The fourth-order valence-electron chi connectivity index (χ4n) is 2.89. The Morgan fingerprint density at radius 3 is 2.67 bits per heavy atom. The van der Waals surface area contributed by atoms with Crippen molar-refractivity contribution in [2.45, 2.75) is 0 Å². The fourth-order valence-corrected chi connectivity index (χ4v) is 2.89. The van der Waals surface area contributed by atoms with E-state index < -0.39 is 6.09 Å². The Kier molecular flexibility index (Phi) is 3.49. The molecule has 1 aliphatic rings. The van der Waals surface area contributed by atoms with Crippen molar-refractivity contribution in [1.29, 1.82) is 0 Å². The molecule has 0 radical (unpaired) electrons. The Bertz CT molecular complexity index is 871. The van der Waals surface area contributed by atoms with Crippen molar-refractivity contribution in [3.63, 3.8) is 0 Å². The van der Waals surface area contributed by atoms with Gasteiger partial charge >= 0.3 is 6.09 Å². The molecule has 0 aromatic carbocycles. The molecule has 8 nitrogen and oxygen atoms in total. The molecule has 3 aromatic heterocycles. The number of nitrogens with zero attached hydrogens (tertiary/aromatic N) is 6. The van der Waals surface area contributed by atoms with Gasteiger partial charge in [0, 0.05) is 55.9 Å². The van der Waals surface area contributed by atoms with Crippen LogP contribution in [0.3, 0.4) is 0 Å². The van der Waals surface area contributed by atoms with Gasteiger partial charge in [-0.2, -0.15) is 5.10 Å². The van der Waals surface area contributed by atoms with E-state index in [0.29, 0.717) is 26.2 Å². The summed E-state index contributed by atoms with van der Waals surface area (Å²) < 4.78 is 1.74. The molecule has 0 bridgehead atoms. The molecule has 8 heteroatoms. The molecule has 3 aromatic rings. The highest BCUT2D eigenvalue weighted by Crippen LogP contribution is 2.24. The quantitative estimate of drug-likeness (QED) is 0.770. The van der Waals surface area contributed by atoms with Crippen molar-refractivity contribution < 1.29 is 9.90 Å². The molecule has 122 valence electrons. The first-order valence-electron chi connectivity index (χ1n) is 7.70. The van der Waals surface area contributed by atoms with E-state index in [4.69, 9.17) is 10.1 Å². The maximum absolute atomic E-state index is 11.0. The van der Waals surface area contributed by atoms with Gasteiger partial charge in [-0.05, 0) is 12.1 Å². The van der Waals surface area contributed by atoms with Gasteiger partial charge < -0.3 is 14.9 Å². The molecule has 4 rings (SSSR count). The lowest BCUT2D eigenvalue weighted by Crippen LogP contribution is -2.48. The van der Waals surface area contributed by atoms with Gasteiger partial charge in [-0.1, -0.05) is 6.07 Å². The Morgan fingerprint density at radius 2 is 1.96 bits per heavy atom. The smallest absolute Gasteiger partial charge is 0.407 e. The van der Waals surface area contributed by atoms with Crippen molar-refractivity contribution >= 4 is 17.6 Å². The number of hydrogen-bond donors (Lipinski definition) is 1. The largest absolute Gasteiger partial charge is 0.465 e. The second-order valence-electron chi connectivity index (χ2n) is 5.61. The highest BCUT2D eigenvalue weighted by atomic mass is 16.4. The molecule has 1 aliphatic heterocycles.